The van der Waals surface area contributed by atoms with Crippen molar-refractivity contribution in [3.8, 4) is 5.75 Å². The van der Waals surface area contributed by atoms with Gasteiger partial charge in [0.15, 0.2) is 0 Å². The summed E-state index contributed by atoms with van der Waals surface area (Å²) in [6, 6.07) is 14.2. The zero-order valence-electron chi connectivity index (χ0n) is 16.0. The third kappa shape index (κ3) is 4.23. The molecule has 6 heteroatoms. The van der Waals surface area contributed by atoms with Crippen molar-refractivity contribution in [1.82, 2.24) is 4.57 Å². The average molecular weight is 381 g/mol. The van der Waals surface area contributed by atoms with Crippen molar-refractivity contribution in [1.29, 1.82) is 0 Å². The van der Waals surface area contributed by atoms with Gasteiger partial charge in [-0.25, -0.2) is 0 Å². The standard InChI is InChI=1S/C22H23NO5/c1-3-27-11-12-28-18-9-7-16(8-10-18)22(26)23-15(2)13-19-17(14-21(24)25)5-4-6-20(19)23/h4-10,13H,3,11-12,14H2,1-2H3,(H,24,25). The number of carbonyl (C=O) groups excluding carboxylic acids is 1. The van der Waals surface area contributed by atoms with E-state index in [1.807, 2.05) is 26.0 Å². The van der Waals surface area contributed by atoms with Crippen LogP contribution < -0.4 is 4.74 Å². The molecule has 3 aromatic rings. The Kier molecular flexibility index (Phi) is 6.11. The summed E-state index contributed by atoms with van der Waals surface area (Å²) in [6.45, 7) is 5.39. The van der Waals surface area contributed by atoms with E-state index in [0.717, 1.165) is 11.1 Å². The van der Waals surface area contributed by atoms with Crippen LogP contribution in [0.3, 0.4) is 0 Å². The van der Waals surface area contributed by atoms with Crippen LogP contribution in [0.5, 0.6) is 5.75 Å². The molecule has 0 amide bonds. The van der Waals surface area contributed by atoms with Gasteiger partial charge in [0.25, 0.3) is 5.91 Å². The molecule has 0 atom stereocenters. The number of fused-ring (bicyclic) bond motifs is 1. The van der Waals surface area contributed by atoms with Crippen LogP contribution in [0.2, 0.25) is 0 Å². The Morgan fingerprint density at radius 3 is 2.50 bits per heavy atom. The summed E-state index contributed by atoms with van der Waals surface area (Å²) < 4.78 is 12.4. The summed E-state index contributed by atoms with van der Waals surface area (Å²) in [4.78, 5) is 24.2. The molecule has 0 saturated heterocycles. The first-order valence-electron chi connectivity index (χ1n) is 9.18. The summed E-state index contributed by atoms with van der Waals surface area (Å²) in [6.07, 6.45) is -0.0806. The molecule has 0 bridgehead atoms. The summed E-state index contributed by atoms with van der Waals surface area (Å²) in [5.41, 5.74) is 2.69. The highest BCUT2D eigenvalue weighted by molar-refractivity contribution is 6.04. The fourth-order valence-electron chi connectivity index (χ4n) is 3.20. The zero-order chi connectivity index (χ0) is 20.1. The van der Waals surface area contributed by atoms with Crippen LogP contribution >= 0.6 is 0 Å². The molecule has 0 aliphatic rings. The maximum absolute atomic E-state index is 13.1. The first kappa shape index (κ1) is 19.6. The van der Waals surface area contributed by atoms with Gasteiger partial charge in [0, 0.05) is 23.3 Å². The van der Waals surface area contributed by atoms with E-state index in [2.05, 4.69) is 0 Å². The van der Waals surface area contributed by atoms with Crippen LogP contribution in [0.25, 0.3) is 10.9 Å². The summed E-state index contributed by atoms with van der Waals surface area (Å²) in [5, 5.41) is 9.90. The van der Waals surface area contributed by atoms with Crippen LogP contribution in [0, 0.1) is 6.92 Å². The highest BCUT2D eigenvalue weighted by Crippen LogP contribution is 2.25. The molecule has 0 aliphatic heterocycles. The van der Waals surface area contributed by atoms with Crippen molar-refractivity contribution in [2.75, 3.05) is 19.8 Å². The second-order valence-corrected chi connectivity index (χ2v) is 6.42. The van der Waals surface area contributed by atoms with Crippen molar-refractivity contribution in [2.24, 2.45) is 0 Å². The fourth-order valence-corrected chi connectivity index (χ4v) is 3.20. The average Bonchev–Trinajstić information content (AvgIpc) is 3.02. The monoisotopic (exact) mass is 381 g/mol. The Bertz CT molecular complexity index is 988. The molecule has 6 nitrogen and oxygen atoms in total. The Morgan fingerprint density at radius 1 is 1.07 bits per heavy atom. The molecular weight excluding hydrogens is 358 g/mol. The molecule has 2 aromatic carbocycles. The van der Waals surface area contributed by atoms with Crippen LogP contribution in [0.15, 0.2) is 48.5 Å². The molecule has 28 heavy (non-hydrogen) atoms. The summed E-state index contributed by atoms with van der Waals surface area (Å²) in [7, 11) is 0. The predicted molar refractivity (Wildman–Crippen MR) is 106 cm³/mol. The number of carboxylic acids is 1. The lowest BCUT2D eigenvalue weighted by Crippen LogP contribution is -2.13. The number of ether oxygens (including phenoxy) is 2. The molecule has 0 unspecified atom stereocenters. The Hall–Kier alpha value is -3.12. The number of hydrogen-bond acceptors (Lipinski definition) is 4. The van der Waals surface area contributed by atoms with Gasteiger partial charge in [-0.1, -0.05) is 12.1 Å². The number of aliphatic carboxylic acids is 1. The SMILES string of the molecule is CCOCCOc1ccc(C(=O)n2c(C)cc3c(CC(=O)O)cccc32)cc1. The van der Waals surface area contributed by atoms with E-state index in [4.69, 9.17) is 14.6 Å². The van der Waals surface area contributed by atoms with E-state index < -0.39 is 5.97 Å². The van der Waals surface area contributed by atoms with Crippen molar-refractivity contribution in [3.05, 3.63) is 65.4 Å². The fraction of sp³-hybridized carbons (Fsp3) is 0.273. The molecular formula is C22H23NO5. The van der Waals surface area contributed by atoms with E-state index in [1.165, 1.54) is 0 Å². The third-order valence-corrected chi connectivity index (χ3v) is 4.47. The zero-order valence-corrected chi connectivity index (χ0v) is 16.0. The highest BCUT2D eigenvalue weighted by atomic mass is 16.5. The van der Waals surface area contributed by atoms with E-state index in [9.17, 15) is 9.59 Å². The van der Waals surface area contributed by atoms with Gasteiger partial charge in [-0.15, -0.1) is 0 Å². The van der Waals surface area contributed by atoms with Gasteiger partial charge in [-0.3, -0.25) is 14.2 Å². The second kappa shape index (κ2) is 8.71. The lowest BCUT2D eigenvalue weighted by molar-refractivity contribution is -0.136. The molecule has 3 rings (SSSR count). The molecule has 0 radical (unpaired) electrons. The Balaban J connectivity index is 1.85. The molecule has 0 aliphatic carbocycles. The van der Waals surface area contributed by atoms with Crippen LogP contribution in [0.4, 0.5) is 0 Å². The smallest absolute Gasteiger partial charge is 0.307 e. The number of benzene rings is 2. The van der Waals surface area contributed by atoms with Crippen molar-refractivity contribution in [2.45, 2.75) is 20.3 Å². The number of rotatable bonds is 8. The van der Waals surface area contributed by atoms with E-state index in [0.29, 0.717) is 42.2 Å². The summed E-state index contributed by atoms with van der Waals surface area (Å²) in [5.74, 6) is -0.390. The first-order chi connectivity index (χ1) is 13.5. The number of carbonyl (C=O) groups is 2. The molecule has 146 valence electrons. The molecule has 1 aromatic heterocycles. The van der Waals surface area contributed by atoms with E-state index in [1.54, 1.807) is 41.0 Å². The normalized spacial score (nSPS) is 10.9. The molecule has 0 fully saturated rings. The maximum Gasteiger partial charge on any atom is 0.307 e. The highest BCUT2D eigenvalue weighted by Gasteiger charge is 2.17. The summed E-state index contributed by atoms with van der Waals surface area (Å²) >= 11 is 0. The van der Waals surface area contributed by atoms with Crippen molar-refractivity contribution in [3.63, 3.8) is 0 Å². The van der Waals surface area contributed by atoms with Gasteiger partial charge in [0.05, 0.1) is 18.5 Å². The molecule has 1 heterocycles. The van der Waals surface area contributed by atoms with Crippen LogP contribution in [-0.4, -0.2) is 41.4 Å². The van der Waals surface area contributed by atoms with Gasteiger partial charge >= 0.3 is 5.97 Å². The van der Waals surface area contributed by atoms with Gasteiger partial charge < -0.3 is 14.6 Å². The number of nitrogens with zero attached hydrogens (tertiary/aromatic N) is 1. The number of carboxylic acid groups (broad SMARTS) is 1. The van der Waals surface area contributed by atoms with E-state index in [-0.39, 0.29) is 12.3 Å². The lowest BCUT2D eigenvalue weighted by Gasteiger charge is -2.09. The minimum Gasteiger partial charge on any atom is -0.491 e. The predicted octanol–water partition coefficient (Wildman–Crippen LogP) is 3.68. The van der Waals surface area contributed by atoms with E-state index >= 15 is 0 Å². The minimum atomic E-state index is -0.899. The number of aromatic nitrogens is 1. The third-order valence-electron chi connectivity index (χ3n) is 4.47. The number of hydrogen-bond donors (Lipinski definition) is 1. The van der Waals surface area contributed by atoms with Gasteiger partial charge in [0.2, 0.25) is 0 Å². The lowest BCUT2D eigenvalue weighted by atomic mass is 10.1. The largest absolute Gasteiger partial charge is 0.491 e. The number of aryl methyl sites for hydroxylation is 1. The second-order valence-electron chi connectivity index (χ2n) is 6.42. The molecule has 0 spiro atoms. The van der Waals surface area contributed by atoms with Gasteiger partial charge in [-0.2, -0.15) is 0 Å². The van der Waals surface area contributed by atoms with Gasteiger partial charge in [0.1, 0.15) is 12.4 Å². The molecule has 1 N–H and O–H groups in total. The first-order valence-corrected chi connectivity index (χ1v) is 9.18. The maximum atomic E-state index is 13.1. The van der Waals surface area contributed by atoms with Crippen LogP contribution in [-0.2, 0) is 16.0 Å². The quantitative estimate of drug-likeness (QED) is 0.602. The topological polar surface area (TPSA) is 77.8 Å². The molecule has 0 saturated carbocycles. The minimum absolute atomic E-state index is 0.0806. The van der Waals surface area contributed by atoms with Crippen LogP contribution in [0.1, 0.15) is 28.5 Å². The van der Waals surface area contributed by atoms with Crippen molar-refractivity contribution >= 4 is 22.8 Å². The Morgan fingerprint density at radius 2 is 1.82 bits per heavy atom. The van der Waals surface area contributed by atoms with Gasteiger partial charge in [-0.05, 0) is 55.8 Å². The van der Waals surface area contributed by atoms with Crippen molar-refractivity contribution < 1.29 is 24.2 Å². The Labute approximate surface area is 163 Å².